The summed E-state index contributed by atoms with van der Waals surface area (Å²) in [6.45, 7) is 3.40. The molecule has 0 amide bonds. The molecular formula is C21H20O4. The molecule has 0 saturated carbocycles. The first-order chi connectivity index (χ1) is 11.9. The standard InChI is InChI=1S/C21H20O4/c1-12-8-19(24)15(10-17(12)22)21(14-6-4-3-5-7-14)16-11-18(23)13(2)9-20(16)25/h3-11,21-25H,1-2H3. The molecule has 0 radical (unpaired) electrons. The maximum absolute atomic E-state index is 10.5. The van der Waals surface area contributed by atoms with Crippen molar-refractivity contribution in [1.82, 2.24) is 0 Å². The molecule has 0 atom stereocenters. The Hall–Kier alpha value is -3.14. The Morgan fingerprint density at radius 1 is 0.600 bits per heavy atom. The van der Waals surface area contributed by atoms with E-state index >= 15 is 0 Å². The second-order valence-corrected chi connectivity index (χ2v) is 6.24. The molecule has 0 spiro atoms. The van der Waals surface area contributed by atoms with Gasteiger partial charge in [-0.05, 0) is 54.8 Å². The first-order valence-corrected chi connectivity index (χ1v) is 7.98. The van der Waals surface area contributed by atoms with Crippen molar-refractivity contribution in [3.05, 3.63) is 82.4 Å². The molecule has 4 N–H and O–H groups in total. The van der Waals surface area contributed by atoms with Gasteiger partial charge >= 0.3 is 0 Å². The lowest BCUT2D eigenvalue weighted by Gasteiger charge is -2.22. The Morgan fingerprint density at radius 3 is 1.48 bits per heavy atom. The zero-order valence-corrected chi connectivity index (χ0v) is 14.1. The average molecular weight is 336 g/mol. The Morgan fingerprint density at radius 2 is 1.04 bits per heavy atom. The Balaban J connectivity index is 2.29. The second kappa shape index (κ2) is 6.40. The normalized spacial score (nSPS) is 11.0. The topological polar surface area (TPSA) is 80.9 Å². The number of benzene rings is 3. The maximum atomic E-state index is 10.5. The minimum atomic E-state index is -0.542. The van der Waals surface area contributed by atoms with Gasteiger partial charge in [-0.1, -0.05) is 30.3 Å². The molecule has 128 valence electrons. The van der Waals surface area contributed by atoms with E-state index in [1.807, 2.05) is 30.3 Å². The Bertz CT molecular complexity index is 859. The first kappa shape index (κ1) is 16.7. The van der Waals surface area contributed by atoms with Crippen LogP contribution in [0.25, 0.3) is 0 Å². The predicted octanol–water partition coefficient (Wildman–Crippen LogP) is 4.31. The van der Waals surface area contributed by atoms with Gasteiger partial charge in [0.25, 0.3) is 0 Å². The zero-order chi connectivity index (χ0) is 18.1. The molecule has 0 aliphatic heterocycles. The van der Waals surface area contributed by atoms with Gasteiger partial charge in [-0.2, -0.15) is 0 Å². The van der Waals surface area contributed by atoms with Gasteiger partial charge in [0.05, 0.1) is 0 Å². The van der Waals surface area contributed by atoms with Gasteiger partial charge in [0.15, 0.2) is 0 Å². The number of hydrogen-bond acceptors (Lipinski definition) is 4. The third-order valence-corrected chi connectivity index (χ3v) is 4.45. The van der Waals surface area contributed by atoms with Gasteiger partial charge in [-0.3, -0.25) is 0 Å². The average Bonchev–Trinajstić information content (AvgIpc) is 2.58. The largest absolute Gasteiger partial charge is 0.508 e. The van der Waals surface area contributed by atoms with E-state index in [-0.39, 0.29) is 23.0 Å². The summed E-state index contributed by atoms with van der Waals surface area (Å²) in [5, 5.41) is 41.2. The molecule has 3 rings (SSSR count). The van der Waals surface area contributed by atoms with Crippen molar-refractivity contribution in [2.75, 3.05) is 0 Å². The molecule has 0 unspecified atom stereocenters. The van der Waals surface area contributed by atoms with Gasteiger partial charge in [0.1, 0.15) is 23.0 Å². The van der Waals surface area contributed by atoms with Crippen LogP contribution in [0.1, 0.15) is 33.7 Å². The van der Waals surface area contributed by atoms with Crippen molar-refractivity contribution in [3.63, 3.8) is 0 Å². The molecule has 3 aromatic carbocycles. The molecule has 3 aromatic rings. The SMILES string of the molecule is Cc1cc(O)c(C(c2ccccc2)c2cc(O)c(C)cc2O)cc1O. The van der Waals surface area contributed by atoms with Crippen molar-refractivity contribution in [2.45, 2.75) is 19.8 Å². The van der Waals surface area contributed by atoms with E-state index in [0.717, 1.165) is 5.56 Å². The molecule has 0 aliphatic rings. The summed E-state index contributed by atoms with van der Waals surface area (Å²) in [5.41, 5.74) is 2.84. The lowest BCUT2D eigenvalue weighted by atomic mass is 9.83. The highest BCUT2D eigenvalue weighted by molar-refractivity contribution is 5.58. The van der Waals surface area contributed by atoms with Gasteiger partial charge in [0.2, 0.25) is 0 Å². The lowest BCUT2D eigenvalue weighted by molar-refractivity contribution is 0.442. The van der Waals surface area contributed by atoms with E-state index in [2.05, 4.69) is 0 Å². The van der Waals surface area contributed by atoms with E-state index in [0.29, 0.717) is 22.3 Å². The molecule has 0 bridgehead atoms. The van der Waals surface area contributed by atoms with Crippen LogP contribution in [-0.2, 0) is 0 Å². The molecular weight excluding hydrogens is 316 g/mol. The number of hydrogen-bond donors (Lipinski definition) is 4. The van der Waals surface area contributed by atoms with Gasteiger partial charge in [0, 0.05) is 17.0 Å². The minimum Gasteiger partial charge on any atom is -0.508 e. The van der Waals surface area contributed by atoms with Crippen LogP contribution in [0, 0.1) is 13.8 Å². The van der Waals surface area contributed by atoms with Gasteiger partial charge in [-0.15, -0.1) is 0 Å². The van der Waals surface area contributed by atoms with Crippen molar-refractivity contribution in [2.24, 2.45) is 0 Å². The van der Waals surface area contributed by atoms with E-state index in [1.165, 1.54) is 24.3 Å². The van der Waals surface area contributed by atoms with Crippen molar-refractivity contribution < 1.29 is 20.4 Å². The summed E-state index contributed by atoms with van der Waals surface area (Å²) < 4.78 is 0. The highest BCUT2D eigenvalue weighted by atomic mass is 16.3. The molecule has 4 heteroatoms. The second-order valence-electron chi connectivity index (χ2n) is 6.24. The van der Waals surface area contributed by atoms with Crippen LogP contribution < -0.4 is 0 Å². The van der Waals surface area contributed by atoms with Crippen molar-refractivity contribution in [3.8, 4) is 23.0 Å². The highest BCUT2D eigenvalue weighted by Gasteiger charge is 2.24. The van der Waals surface area contributed by atoms with Crippen LogP contribution >= 0.6 is 0 Å². The molecule has 0 aliphatic carbocycles. The summed E-state index contributed by atoms with van der Waals surface area (Å²) in [6.07, 6.45) is 0. The van der Waals surface area contributed by atoms with Crippen molar-refractivity contribution >= 4 is 0 Å². The number of aryl methyl sites for hydroxylation is 2. The van der Waals surface area contributed by atoms with Crippen LogP contribution in [0.2, 0.25) is 0 Å². The van der Waals surface area contributed by atoms with E-state index < -0.39 is 5.92 Å². The minimum absolute atomic E-state index is 0.0172. The van der Waals surface area contributed by atoms with E-state index in [4.69, 9.17) is 0 Å². The van der Waals surface area contributed by atoms with Crippen molar-refractivity contribution in [1.29, 1.82) is 0 Å². The van der Waals surface area contributed by atoms with Crippen LogP contribution in [0.15, 0.2) is 54.6 Å². The maximum Gasteiger partial charge on any atom is 0.120 e. The quantitative estimate of drug-likeness (QED) is 0.424. The number of rotatable bonds is 3. The van der Waals surface area contributed by atoms with Gasteiger partial charge < -0.3 is 20.4 Å². The van der Waals surface area contributed by atoms with Gasteiger partial charge in [-0.25, -0.2) is 0 Å². The Kier molecular flexibility index (Phi) is 4.28. The number of phenolic OH excluding ortho intramolecular Hbond substituents is 4. The monoisotopic (exact) mass is 336 g/mol. The third kappa shape index (κ3) is 3.11. The molecule has 0 heterocycles. The lowest BCUT2D eigenvalue weighted by Crippen LogP contribution is -2.05. The predicted molar refractivity (Wildman–Crippen MR) is 96.4 cm³/mol. The fourth-order valence-corrected chi connectivity index (χ4v) is 3.03. The molecule has 4 nitrogen and oxygen atoms in total. The van der Waals surface area contributed by atoms with Crippen LogP contribution in [0.5, 0.6) is 23.0 Å². The van der Waals surface area contributed by atoms with Crippen LogP contribution in [0.4, 0.5) is 0 Å². The summed E-state index contributed by atoms with van der Waals surface area (Å²) in [7, 11) is 0. The third-order valence-electron chi connectivity index (χ3n) is 4.45. The highest BCUT2D eigenvalue weighted by Crippen LogP contribution is 2.44. The fraction of sp³-hybridized carbons (Fsp3) is 0.143. The fourth-order valence-electron chi connectivity index (χ4n) is 3.03. The van der Waals surface area contributed by atoms with Crippen LogP contribution in [0.3, 0.4) is 0 Å². The summed E-state index contributed by atoms with van der Waals surface area (Å²) in [6, 6.07) is 15.3. The summed E-state index contributed by atoms with van der Waals surface area (Å²) in [4.78, 5) is 0. The first-order valence-electron chi connectivity index (χ1n) is 7.98. The zero-order valence-electron chi connectivity index (χ0n) is 14.1. The Labute approximate surface area is 146 Å². The molecule has 0 saturated heterocycles. The summed E-state index contributed by atoms with van der Waals surface area (Å²) in [5.74, 6) is -0.388. The number of phenols is 4. The van der Waals surface area contributed by atoms with Crippen LogP contribution in [-0.4, -0.2) is 20.4 Å². The number of aromatic hydroxyl groups is 4. The molecule has 0 aromatic heterocycles. The van der Waals surface area contributed by atoms with E-state index in [1.54, 1.807) is 13.8 Å². The smallest absolute Gasteiger partial charge is 0.120 e. The summed E-state index contributed by atoms with van der Waals surface area (Å²) >= 11 is 0. The van der Waals surface area contributed by atoms with E-state index in [9.17, 15) is 20.4 Å². The molecule has 25 heavy (non-hydrogen) atoms. The molecule has 0 fully saturated rings.